The number of aromatic nitrogens is 2. The normalized spacial score (nSPS) is 23.0. The fourth-order valence-corrected chi connectivity index (χ4v) is 5.84. The van der Waals surface area contributed by atoms with Crippen molar-refractivity contribution in [3.63, 3.8) is 0 Å². The molecule has 0 radical (unpaired) electrons. The topological polar surface area (TPSA) is 59.4 Å². The monoisotopic (exact) mass is 436 g/mol. The lowest BCUT2D eigenvalue weighted by Gasteiger charge is -2.39. The second-order valence-electron chi connectivity index (χ2n) is 9.83. The number of likely N-dealkylation sites (tertiary alicyclic amines) is 1. The van der Waals surface area contributed by atoms with Crippen molar-refractivity contribution in [1.82, 2.24) is 20.0 Å². The molecule has 5 rings (SSSR count). The number of fused-ring (bicyclic) bond motifs is 1. The van der Waals surface area contributed by atoms with Crippen LogP contribution in [0.3, 0.4) is 0 Å². The summed E-state index contributed by atoms with van der Waals surface area (Å²) in [5, 5.41) is 8.60. The molecule has 3 aliphatic rings. The maximum absolute atomic E-state index is 13.2. The quantitative estimate of drug-likeness (QED) is 0.782. The van der Waals surface area contributed by atoms with Crippen LogP contribution < -0.4 is 5.32 Å². The van der Waals surface area contributed by atoms with Gasteiger partial charge in [0.25, 0.3) is 5.91 Å². The zero-order valence-corrected chi connectivity index (χ0v) is 19.3. The Morgan fingerprint density at radius 1 is 1.16 bits per heavy atom. The largest absolute Gasteiger partial charge is 0.381 e. The van der Waals surface area contributed by atoms with Crippen LogP contribution in [0.15, 0.2) is 30.3 Å². The van der Waals surface area contributed by atoms with Crippen molar-refractivity contribution in [2.24, 2.45) is 7.05 Å². The van der Waals surface area contributed by atoms with Crippen LogP contribution in [0.2, 0.25) is 0 Å². The molecule has 1 amide bonds. The second-order valence-corrected chi connectivity index (χ2v) is 9.83. The molecule has 2 aromatic rings. The minimum Gasteiger partial charge on any atom is -0.381 e. The Labute approximate surface area is 191 Å². The summed E-state index contributed by atoms with van der Waals surface area (Å²) >= 11 is 0. The zero-order valence-electron chi connectivity index (χ0n) is 19.3. The lowest BCUT2D eigenvalue weighted by atomic mass is 9.73. The van der Waals surface area contributed by atoms with E-state index in [4.69, 9.17) is 9.84 Å². The van der Waals surface area contributed by atoms with Gasteiger partial charge in [-0.1, -0.05) is 30.3 Å². The Hall–Kier alpha value is -2.18. The van der Waals surface area contributed by atoms with Gasteiger partial charge < -0.3 is 15.0 Å². The molecule has 1 aliphatic carbocycles. The van der Waals surface area contributed by atoms with E-state index in [0.29, 0.717) is 11.7 Å². The molecule has 2 saturated heterocycles. The summed E-state index contributed by atoms with van der Waals surface area (Å²) in [4.78, 5) is 15.3. The first kappa shape index (κ1) is 21.7. The highest BCUT2D eigenvalue weighted by Gasteiger charge is 2.36. The SMILES string of the molecule is Cn1nc(C(=O)N2CCCCC2)c2c1CC[C@H](NCC1(c3ccccc3)CCOCC1)C2. The molecule has 1 atom stereocenters. The van der Waals surface area contributed by atoms with Crippen molar-refractivity contribution in [1.29, 1.82) is 0 Å². The van der Waals surface area contributed by atoms with Gasteiger partial charge in [-0.05, 0) is 56.9 Å². The minimum absolute atomic E-state index is 0.126. The lowest BCUT2D eigenvalue weighted by molar-refractivity contribution is 0.0486. The molecule has 1 aromatic carbocycles. The van der Waals surface area contributed by atoms with Gasteiger partial charge in [-0.15, -0.1) is 0 Å². The Bertz CT molecular complexity index is 927. The van der Waals surface area contributed by atoms with Crippen LogP contribution >= 0.6 is 0 Å². The third-order valence-electron chi connectivity index (χ3n) is 7.87. The van der Waals surface area contributed by atoms with Gasteiger partial charge in [0, 0.05) is 62.6 Å². The molecular formula is C26H36N4O2. The molecule has 2 aliphatic heterocycles. The lowest BCUT2D eigenvalue weighted by Crippen LogP contribution is -2.47. The number of piperidine rings is 1. The summed E-state index contributed by atoms with van der Waals surface area (Å²) < 4.78 is 7.66. The zero-order chi connectivity index (χ0) is 22.0. The van der Waals surface area contributed by atoms with E-state index < -0.39 is 0 Å². The van der Waals surface area contributed by atoms with Crippen molar-refractivity contribution in [3.05, 3.63) is 52.8 Å². The standard InChI is InChI=1S/C26H36N4O2/c1-29-23-11-10-21(18-22(23)24(28-29)25(31)30-14-6-3-7-15-30)27-19-26(12-16-32-17-13-26)20-8-4-2-5-9-20/h2,4-5,8-9,21,27H,3,6-7,10-19H2,1H3/t21-/m0/s1. The molecule has 172 valence electrons. The Balaban J connectivity index is 1.31. The average molecular weight is 437 g/mol. The Morgan fingerprint density at radius 3 is 2.66 bits per heavy atom. The molecule has 0 bridgehead atoms. The second kappa shape index (κ2) is 9.36. The minimum atomic E-state index is 0.126. The number of carbonyl (C=O) groups excluding carboxylic acids is 1. The van der Waals surface area contributed by atoms with E-state index in [1.54, 1.807) is 0 Å². The number of hydrogen-bond acceptors (Lipinski definition) is 4. The van der Waals surface area contributed by atoms with Gasteiger partial charge >= 0.3 is 0 Å². The summed E-state index contributed by atoms with van der Waals surface area (Å²) in [6, 6.07) is 11.3. The van der Waals surface area contributed by atoms with E-state index in [0.717, 1.165) is 77.8 Å². The third kappa shape index (κ3) is 4.23. The number of benzene rings is 1. The fraction of sp³-hybridized carbons (Fsp3) is 0.615. The van der Waals surface area contributed by atoms with Crippen molar-refractivity contribution < 1.29 is 9.53 Å². The summed E-state index contributed by atoms with van der Waals surface area (Å²) in [6.45, 7) is 4.34. The third-order valence-corrected chi connectivity index (χ3v) is 7.87. The molecule has 32 heavy (non-hydrogen) atoms. The molecule has 3 heterocycles. The maximum Gasteiger partial charge on any atom is 0.274 e. The maximum atomic E-state index is 13.2. The van der Waals surface area contributed by atoms with Gasteiger partial charge in [-0.2, -0.15) is 5.10 Å². The molecule has 2 fully saturated rings. The van der Waals surface area contributed by atoms with E-state index in [1.165, 1.54) is 23.2 Å². The highest BCUT2D eigenvalue weighted by molar-refractivity contribution is 5.94. The molecule has 0 unspecified atom stereocenters. The number of amides is 1. The van der Waals surface area contributed by atoms with Crippen molar-refractivity contribution in [2.75, 3.05) is 32.8 Å². The number of hydrogen-bond donors (Lipinski definition) is 1. The number of rotatable bonds is 5. The van der Waals surface area contributed by atoms with E-state index in [9.17, 15) is 4.79 Å². The van der Waals surface area contributed by atoms with E-state index >= 15 is 0 Å². The summed E-state index contributed by atoms with van der Waals surface area (Å²) in [5.74, 6) is 0.132. The first-order valence-corrected chi connectivity index (χ1v) is 12.4. The van der Waals surface area contributed by atoms with Crippen LogP contribution in [0, 0.1) is 0 Å². The predicted octanol–water partition coefficient (Wildman–Crippen LogP) is 3.24. The molecule has 1 N–H and O–H groups in total. The van der Waals surface area contributed by atoms with Gasteiger partial charge in [0.1, 0.15) is 0 Å². The van der Waals surface area contributed by atoms with E-state index in [1.807, 2.05) is 16.6 Å². The predicted molar refractivity (Wildman–Crippen MR) is 125 cm³/mol. The highest BCUT2D eigenvalue weighted by Crippen LogP contribution is 2.35. The van der Waals surface area contributed by atoms with Crippen LogP contribution in [-0.2, 0) is 30.0 Å². The van der Waals surface area contributed by atoms with Gasteiger partial charge in [0.2, 0.25) is 0 Å². The van der Waals surface area contributed by atoms with Gasteiger partial charge in [-0.3, -0.25) is 9.48 Å². The molecular weight excluding hydrogens is 400 g/mol. The van der Waals surface area contributed by atoms with E-state index in [2.05, 4.69) is 35.6 Å². The molecule has 6 nitrogen and oxygen atoms in total. The van der Waals surface area contributed by atoms with Crippen LogP contribution in [0.1, 0.15) is 65.8 Å². The van der Waals surface area contributed by atoms with Crippen LogP contribution in [0.5, 0.6) is 0 Å². The van der Waals surface area contributed by atoms with Crippen LogP contribution in [0.25, 0.3) is 0 Å². The molecule has 1 aromatic heterocycles. The van der Waals surface area contributed by atoms with Crippen molar-refractivity contribution in [2.45, 2.75) is 62.8 Å². The molecule has 0 saturated carbocycles. The number of aryl methyl sites for hydroxylation is 1. The number of carbonyl (C=O) groups is 1. The smallest absolute Gasteiger partial charge is 0.274 e. The molecule has 6 heteroatoms. The Kier molecular flexibility index (Phi) is 6.33. The fourth-order valence-electron chi connectivity index (χ4n) is 5.84. The number of nitrogens with one attached hydrogen (secondary N) is 1. The summed E-state index contributed by atoms with van der Waals surface area (Å²) in [7, 11) is 1.99. The van der Waals surface area contributed by atoms with Crippen LogP contribution in [0.4, 0.5) is 0 Å². The number of ether oxygens (including phenoxy) is 1. The first-order valence-electron chi connectivity index (χ1n) is 12.4. The Morgan fingerprint density at radius 2 is 1.91 bits per heavy atom. The molecule has 0 spiro atoms. The highest BCUT2D eigenvalue weighted by atomic mass is 16.5. The van der Waals surface area contributed by atoms with Gasteiger partial charge in [0.15, 0.2) is 5.69 Å². The van der Waals surface area contributed by atoms with Crippen molar-refractivity contribution in [3.8, 4) is 0 Å². The van der Waals surface area contributed by atoms with Gasteiger partial charge in [0.05, 0.1) is 0 Å². The van der Waals surface area contributed by atoms with Gasteiger partial charge in [-0.25, -0.2) is 0 Å². The van der Waals surface area contributed by atoms with Crippen molar-refractivity contribution >= 4 is 5.91 Å². The average Bonchev–Trinajstić information content (AvgIpc) is 3.19. The summed E-state index contributed by atoms with van der Waals surface area (Å²) in [5.41, 5.74) is 4.65. The first-order chi connectivity index (χ1) is 15.7. The summed E-state index contributed by atoms with van der Waals surface area (Å²) in [6.07, 6.45) is 8.49. The van der Waals surface area contributed by atoms with E-state index in [-0.39, 0.29) is 11.3 Å². The van der Waals surface area contributed by atoms with Crippen LogP contribution in [-0.4, -0.2) is 59.5 Å². The number of nitrogens with zero attached hydrogens (tertiary/aromatic N) is 3.